The number of aromatic amines is 1. The summed E-state index contributed by atoms with van der Waals surface area (Å²) in [6.45, 7) is 1.17. The molecule has 3 N–H and O–H groups in total. The molecule has 0 aliphatic carbocycles. The molecule has 5 rings (SSSR count). The van der Waals surface area contributed by atoms with Gasteiger partial charge in [-0.1, -0.05) is 18.2 Å². The van der Waals surface area contributed by atoms with Gasteiger partial charge in [0.05, 0.1) is 40.9 Å². The van der Waals surface area contributed by atoms with Crippen molar-refractivity contribution in [3.8, 4) is 0 Å². The molecule has 0 unspecified atom stereocenters. The standard InChI is InChI=1S/C14H15N5O.C8H5FO/c15-7-10(11-3-1-2-5-16-11)14(20)19-6-4-12-13(8-19)18-9-17-12;9-7-5-10-8-4-2-1-3-6(7)8/h1-3,5,7,9H,4,6,8,15H2,(H,17,18);1-5H/b10-7+;. The highest BCUT2D eigenvalue weighted by atomic mass is 19.1. The minimum atomic E-state index is -0.296. The first-order valence-electron chi connectivity index (χ1n) is 9.43. The third kappa shape index (κ3) is 3.93. The van der Waals surface area contributed by atoms with Crippen LogP contribution in [0.3, 0.4) is 0 Å². The van der Waals surface area contributed by atoms with Crippen LogP contribution in [-0.4, -0.2) is 32.3 Å². The van der Waals surface area contributed by atoms with Gasteiger partial charge in [0.2, 0.25) is 0 Å². The van der Waals surface area contributed by atoms with Gasteiger partial charge in [0, 0.05) is 25.4 Å². The summed E-state index contributed by atoms with van der Waals surface area (Å²) in [4.78, 5) is 25.8. The third-order valence-corrected chi connectivity index (χ3v) is 4.83. The number of carbonyl (C=O) groups excluding carboxylic acids is 1. The number of pyridine rings is 1. The molecule has 0 atom stereocenters. The first-order valence-corrected chi connectivity index (χ1v) is 9.43. The van der Waals surface area contributed by atoms with Crippen molar-refractivity contribution in [2.45, 2.75) is 13.0 Å². The Morgan fingerprint density at radius 3 is 2.80 bits per heavy atom. The van der Waals surface area contributed by atoms with Crippen LogP contribution in [-0.2, 0) is 17.8 Å². The normalized spacial score (nSPS) is 13.5. The van der Waals surface area contributed by atoms with E-state index in [1.54, 1.807) is 47.8 Å². The molecule has 3 aromatic heterocycles. The van der Waals surface area contributed by atoms with Gasteiger partial charge >= 0.3 is 0 Å². The highest BCUT2D eigenvalue weighted by Crippen LogP contribution is 2.20. The van der Waals surface area contributed by atoms with Crippen molar-refractivity contribution >= 4 is 22.4 Å². The monoisotopic (exact) mass is 405 g/mol. The van der Waals surface area contributed by atoms with E-state index in [1.807, 2.05) is 12.1 Å². The minimum absolute atomic E-state index is 0.105. The predicted octanol–water partition coefficient (Wildman–Crippen LogP) is 3.26. The number of aromatic nitrogens is 3. The van der Waals surface area contributed by atoms with Gasteiger partial charge in [0.25, 0.3) is 5.91 Å². The maximum Gasteiger partial charge on any atom is 0.257 e. The second kappa shape index (κ2) is 8.60. The van der Waals surface area contributed by atoms with Crippen molar-refractivity contribution in [3.63, 3.8) is 0 Å². The number of imidazole rings is 1. The zero-order valence-electron chi connectivity index (χ0n) is 16.1. The van der Waals surface area contributed by atoms with Crippen LogP contribution in [0.1, 0.15) is 17.1 Å². The van der Waals surface area contributed by atoms with E-state index in [1.165, 1.54) is 6.20 Å². The molecule has 7 nitrogen and oxygen atoms in total. The molecule has 0 saturated heterocycles. The van der Waals surface area contributed by atoms with Gasteiger partial charge in [-0.3, -0.25) is 9.78 Å². The summed E-state index contributed by atoms with van der Waals surface area (Å²) in [6, 6.07) is 12.4. The molecule has 0 bridgehead atoms. The molecule has 152 valence electrons. The minimum Gasteiger partial charge on any atom is -0.461 e. The lowest BCUT2D eigenvalue weighted by Gasteiger charge is -2.27. The highest BCUT2D eigenvalue weighted by Gasteiger charge is 2.25. The van der Waals surface area contributed by atoms with Gasteiger partial charge in [-0.05, 0) is 24.3 Å². The van der Waals surface area contributed by atoms with Gasteiger partial charge in [0.15, 0.2) is 5.82 Å². The van der Waals surface area contributed by atoms with E-state index in [0.717, 1.165) is 24.1 Å². The Morgan fingerprint density at radius 2 is 2.03 bits per heavy atom. The number of para-hydroxylation sites is 1. The van der Waals surface area contributed by atoms with Crippen LogP contribution < -0.4 is 5.73 Å². The number of nitrogens with one attached hydrogen (secondary N) is 1. The van der Waals surface area contributed by atoms with Gasteiger partial charge in [-0.2, -0.15) is 0 Å². The summed E-state index contributed by atoms with van der Waals surface area (Å²) in [7, 11) is 0. The summed E-state index contributed by atoms with van der Waals surface area (Å²) in [5.74, 6) is -0.401. The third-order valence-electron chi connectivity index (χ3n) is 4.83. The van der Waals surface area contributed by atoms with Crippen molar-refractivity contribution in [1.82, 2.24) is 19.9 Å². The van der Waals surface area contributed by atoms with Gasteiger partial charge in [-0.15, -0.1) is 0 Å². The second-order valence-corrected chi connectivity index (χ2v) is 6.68. The Hall–Kier alpha value is -3.94. The molecule has 1 amide bonds. The molecule has 1 aromatic carbocycles. The fraction of sp³-hybridized carbons (Fsp3) is 0.136. The molecule has 4 aromatic rings. The van der Waals surface area contributed by atoms with Crippen molar-refractivity contribution in [2.24, 2.45) is 5.73 Å². The number of benzene rings is 1. The zero-order chi connectivity index (χ0) is 20.9. The van der Waals surface area contributed by atoms with Crippen LogP contribution in [0.25, 0.3) is 16.5 Å². The molecular weight excluding hydrogens is 385 g/mol. The average molecular weight is 405 g/mol. The van der Waals surface area contributed by atoms with E-state index >= 15 is 0 Å². The summed E-state index contributed by atoms with van der Waals surface area (Å²) in [5.41, 5.74) is 9.25. The van der Waals surface area contributed by atoms with E-state index < -0.39 is 0 Å². The van der Waals surface area contributed by atoms with Crippen molar-refractivity contribution in [3.05, 3.63) is 90.4 Å². The lowest BCUT2D eigenvalue weighted by molar-refractivity contribution is -0.126. The first kappa shape index (κ1) is 19.4. The van der Waals surface area contributed by atoms with Crippen LogP contribution in [0, 0.1) is 5.82 Å². The van der Waals surface area contributed by atoms with Gasteiger partial charge in [0.1, 0.15) is 11.8 Å². The average Bonchev–Trinajstić information content (AvgIpc) is 3.42. The fourth-order valence-corrected chi connectivity index (χ4v) is 3.29. The SMILES string of the molecule is Fc1coc2ccccc12.N/C=C(/C(=O)N1CCc2nc[nH]c2C1)c1ccccn1. The summed E-state index contributed by atoms with van der Waals surface area (Å²) < 4.78 is 17.5. The molecule has 0 radical (unpaired) electrons. The molecule has 0 saturated carbocycles. The number of nitrogens with zero attached hydrogens (tertiary/aromatic N) is 3. The quantitative estimate of drug-likeness (QED) is 0.499. The van der Waals surface area contributed by atoms with E-state index in [0.29, 0.717) is 35.3 Å². The Bertz CT molecular complexity index is 1180. The highest BCUT2D eigenvalue weighted by molar-refractivity contribution is 6.18. The van der Waals surface area contributed by atoms with Crippen LogP contribution >= 0.6 is 0 Å². The van der Waals surface area contributed by atoms with E-state index in [9.17, 15) is 9.18 Å². The Morgan fingerprint density at radius 1 is 1.20 bits per heavy atom. The lowest BCUT2D eigenvalue weighted by atomic mass is 10.1. The van der Waals surface area contributed by atoms with E-state index in [4.69, 9.17) is 10.2 Å². The Labute approximate surface area is 172 Å². The van der Waals surface area contributed by atoms with Crippen molar-refractivity contribution in [1.29, 1.82) is 0 Å². The van der Waals surface area contributed by atoms with Crippen LogP contribution in [0.5, 0.6) is 0 Å². The van der Waals surface area contributed by atoms with Crippen LogP contribution in [0.15, 0.2) is 71.9 Å². The topological polar surface area (TPSA) is 101 Å². The van der Waals surface area contributed by atoms with Crippen molar-refractivity contribution in [2.75, 3.05) is 6.54 Å². The van der Waals surface area contributed by atoms with Gasteiger partial charge in [-0.25, -0.2) is 9.37 Å². The van der Waals surface area contributed by atoms with Crippen LogP contribution in [0.4, 0.5) is 4.39 Å². The Balaban J connectivity index is 0.000000181. The summed E-state index contributed by atoms with van der Waals surface area (Å²) in [5, 5.41) is 0.544. The number of rotatable bonds is 2. The molecule has 30 heavy (non-hydrogen) atoms. The summed E-state index contributed by atoms with van der Waals surface area (Å²) >= 11 is 0. The zero-order valence-corrected chi connectivity index (χ0v) is 16.1. The maximum atomic E-state index is 12.7. The number of H-pyrrole nitrogens is 1. The number of fused-ring (bicyclic) bond motifs is 2. The number of amides is 1. The molecule has 1 aliphatic heterocycles. The molecule has 0 spiro atoms. The van der Waals surface area contributed by atoms with Gasteiger partial charge < -0.3 is 20.0 Å². The first-order chi connectivity index (χ1) is 14.7. The number of carbonyl (C=O) groups is 1. The van der Waals surface area contributed by atoms with Crippen LogP contribution in [0.2, 0.25) is 0 Å². The fourth-order valence-electron chi connectivity index (χ4n) is 3.29. The second-order valence-electron chi connectivity index (χ2n) is 6.68. The lowest BCUT2D eigenvalue weighted by Crippen LogP contribution is -2.36. The number of hydrogen-bond acceptors (Lipinski definition) is 5. The number of halogens is 1. The number of furan rings is 1. The largest absolute Gasteiger partial charge is 0.461 e. The van der Waals surface area contributed by atoms with E-state index in [2.05, 4.69) is 15.0 Å². The van der Waals surface area contributed by atoms with E-state index in [-0.39, 0.29) is 11.7 Å². The number of nitrogens with two attached hydrogens (primary N) is 1. The smallest absolute Gasteiger partial charge is 0.257 e. The molecule has 1 aliphatic rings. The number of hydrogen-bond donors (Lipinski definition) is 2. The summed E-state index contributed by atoms with van der Waals surface area (Å²) in [6.07, 6.45) is 6.51. The predicted molar refractivity (Wildman–Crippen MR) is 110 cm³/mol. The molecule has 0 fully saturated rings. The molecule has 8 heteroatoms. The Kier molecular flexibility index (Phi) is 5.56. The molecule has 4 heterocycles. The van der Waals surface area contributed by atoms with Crippen molar-refractivity contribution < 1.29 is 13.6 Å². The maximum absolute atomic E-state index is 12.7. The molecular formula is C22H20FN5O2.